The quantitative estimate of drug-likeness (QED) is 0.650. The van der Waals surface area contributed by atoms with E-state index >= 15 is 0 Å². The Kier molecular flexibility index (Phi) is 4.82. The van der Waals surface area contributed by atoms with Gasteiger partial charge in [-0.15, -0.1) is 0 Å². The zero-order valence-electron chi connectivity index (χ0n) is 12.9. The number of aryl methyl sites for hydroxylation is 1. The summed E-state index contributed by atoms with van der Waals surface area (Å²) in [5.74, 6) is 6.20. The molecule has 2 atom stereocenters. The van der Waals surface area contributed by atoms with Crippen LogP contribution < -0.4 is 11.3 Å². The molecule has 0 amide bonds. The summed E-state index contributed by atoms with van der Waals surface area (Å²) in [6.45, 7) is 6.70. The monoisotopic (exact) mass is 278 g/mol. The summed E-state index contributed by atoms with van der Waals surface area (Å²) in [6.07, 6.45) is 5.83. The molecule has 1 aromatic rings. The molecule has 1 saturated carbocycles. The SMILES string of the molecule is Cc1ccc(F)cc1CC(NN)C1CCCCC1(C)C. The molecule has 3 N–H and O–H groups in total. The number of benzene rings is 1. The van der Waals surface area contributed by atoms with Gasteiger partial charge in [-0.25, -0.2) is 4.39 Å². The fraction of sp³-hybridized carbons (Fsp3) is 0.647. The number of rotatable bonds is 4. The van der Waals surface area contributed by atoms with Gasteiger partial charge in [0.15, 0.2) is 0 Å². The second-order valence-corrected chi connectivity index (χ2v) is 6.89. The molecule has 2 rings (SSSR count). The van der Waals surface area contributed by atoms with Crippen LogP contribution in [0.3, 0.4) is 0 Å². The Balaban J connectivity index is 2.18. The molecule has 1 fully saturated rings. The minimum atomic E-state index is -0.163. The fourth-order valence-corrected chi connectivity index (χ4v) is 3.68. The van der Waals surface area contributed by atoms with Crippen molar-refractivity contribution in [2.75, 3.05) is 0 Å². The van der Waals surface area contributed by atoms with Crippen LogP contribution in [0.4, 0.5) is 4.39 Å². The maximum Gasteiger partial charge on any atom is 0.123 e. The van der Waals surface area contributed by atoms with Crippen molar-refractivity contribution in [1.82, 2.24) is 5.43 Å². The molecule has 2 nitrogen and oxygen atoms in total. The van der Waals surface area contributed by atoms with Crippen molar-refractivity contribution in [2.24, 2.45) is 17.2 Å². The lowest BCUT2D eigenvalue weighted by atomic mass is 9.65. The van der Waals surface area contributed by atoms with Gasteiger partial charge in [0.2, 0.25) is 0 Å². The van der Waals surface area contributed by atoms with E-state index in [4.69, 9.17) is 5.84 Å². The Hall–Kier alpha value is -0.930. The van der Waals surface area contributed by atoms with Crippen LogP contribution in [0.5, 0.6) is 0 Å². The number of hydrogen-bond donors (Lipinski definition) is 2. The molecule has 0 bridgehead atoms. The highest BCUT2D eigenvalue weighted by Gasteiger charge is 2.37. The van der Waals surface area contributed by atoms with E-state index in [0.717, 1.165) is 17.5 Å². The van der Waals surface area contributed by atoms with Crippen LogP contribution in [0.1, 0.15) is 50.7 Å². The Morgan fingerprint density at radius 1 is 1.40 bits per heavy atom. The highest BCUT2D eigenvalue weighted by molar-refractivity contribution is 5.27. The Morgan fingerprint density at radius 3 is 2.80 bits per heavy atom. The normalized spacial score (nSPS) is 23.6. The summed E-state index contributed by atoms with van der Waals surface area (Å²) < 4.78 is 13.4. The lowest BCUT2D eigenvalue weighted by molar-refractivity contribution is 0.0981. The zero-order valence-corrected chi connectivity index (χ0v) is 12.9. The third-order valence-corrected chi connectivity index (χ3v) is 5.04. The highest BCUT2D eigenvalue weighted by atomic mass is 19.1. The predicted octanol–water partition coefficient (Wildman–Crippen LogP) is 3.72. The molecule has 0 radical (unpaired) electrons. The minimum absolute atomic E-state index is 0.163. The van der Waals surface area contributed by atoms with Gasteiger partial charge in [-0.2, -0.15) is 0 Å². The smallest absolute Gasteiger partial charge is 0.123 e. The molecule has 20 heavy (non-hydrogen) atoms. The van der Waals surface area contributed by atoms with Crippen LogP contribution in [0.25, 0.3) is 0 Å². The number of hydrogen-bond acceptors (Lipinski definition) is 2. The summed E-state index contributed by atoms with van der Waals surface area (Å²) in [4.78, 5) is 0. The average Bonchev–Trinajstić information content (AvgIpc) is 2.40. The molecule has 1 aliphatic carbocycles. The van der Waals surface area contributed by atoms with Crippen molar-refractivity contribution >= 4 is 0 Å². The van der Waals surface area contributed by atoms with Crippen molar-refractivity contribution in [3.8, 4) is 0 Å². The molecule has 112 valence electrons. The van der Waals surface area contributed by atoms with Gasteiger partial charge in [0.05, 0.1) is 0 Å². The highest BCUT2D eigenvalue weighted by Crippen LogP contribution is 2.42. The van der Waals surface area contributed by atoms with E-state index in [9.17, 15) is 4.39 Å². The third-order valence-electron chi connectivity index (χ3n) is 5.04. The Morgan fingerprint density at radius 2 is 2.15 bits per heavy atom. The lowest BCUT2D eigenvalue weighted by Gasteiger charge is -2.43. The standard InChI is InChI=1S/C17H27FN2/c1-12-7-8-14(18)10-13(12)11-16(20-19)15-6-4-5-9-17(15,2)3/h7-8,10,15-16,20H,4-6,9,11,19H2,1-3H3. The van der Waals surface area contributed by atoms with Crippen LogP contribution in [0.15, 0.2) is 18.2 Å². The summed E-state index contributed by atoms with van der Waals surface area (Å²) in [5.41, 5.74) is 5.51. The molecule has 0 heterocycles. The van der Waals surface area contributed by atoms with Gasteiger partial charge in [-0.3, -0.25) is 11.3 Å². The van der Waals surface area contributed by atoms with Crippen molar-refractivity contribution in [1.29, 1.82) is 0 Å². The van der Waals surface area contributed by atoms with E-state index in [1.165, 1.54) is 31.7 Å². The Bertz CT molecular complexity index is 456. The Labute approximate surface area is 121 Å². The molecule has 0 saturated heterocycles. The fourth-order valence-electron chi connectivity index (χ4n) is 3.68. The largest absolute Gasteiger partial charge is 0.271 e. The van der Waals surface area contributed by atoms with Gasteiger partial charge in [0, 0.05) is 6.04 Å². The summed E-state index contributed by atoms with van der Waals surface area (Å²) in [5, 5.41) is 0. The van der Waals surface area contributed by atoms with Gasteiger partial charge in [-0.1, -0.05) is 32.8 Å². The van der Waals surface area contributed by atoms with Crippen LogP contribution in [0.2, 0.25) is 0 Å². The van der Waals surface area contributed by atoms with Crippen molar-refractivity contribution < 1.29 is 4.39 Å². The summed E-state index contributed by atoms with van der Waals surface area (Å²) in [6, 6.07) is 5.24. The minimum Gasteiger partial charge on any atom is -0.271 e. The van der Waals surface area contributed by atoms with E-state index in [-0.39, 0.29) is 11.9 Å². The van der Waals surface area contributed by atoms with E-state index in [2.05, 4.69) is 19.3 Å². The molecule has 0 aliphatic heterocycles. The lowest BCUT2D eigenvalue weighted by Crippen LogP contribution is -2.48. The molecule has 0 aromatic heterocycles. The van der Waals surface area contributed by atoms with E-state index in [0.29, 0.717) is 11.3 Å². The van der Waals surface area contributed by atoms with Crippen molar-refractivity contribution in [2.45, 2.75) is 58.9 Å². The maximum absolute atomic E-state index is 13.4. The van der Waals surface area contributed by atoms with E-state index < -0.39 is 0 Å². The first-order valence-electron chi connectivity index (χ1n) is 7.65. The van der Waals surface area contributed by atoms with Gasteiger partial charge in [0.25, 0.3) is 0 Å². The first-order valence-corrected chi connectivity index (χ1v) is 7.65. The second-order valence-electron chi connectivity index (χ2n) is 6.89. The van der Waals surface area contributed by atoms with Gasteiger partial charge in [0.1, 0.15) is 5.82 Å². The van der Waals surface area contributed by atoms with Crippen LogP contribution in [-0.4, -0.2) is 6.04 Å². The zero-order chi connectivity index (χ0) is 14.8. The summed E-state index contributed by atoms with van der Waals surface area (Å²) >= 11 is 0. The molecule has 1 aliphatic rings. The van der Waals surface area contributed by atoms with Gasteiger partial charge >= 0.3 is 0 Å². The molecular weight excluding hydrogens is 251 g/mol. The first kappa shape index (κ1) is 15.5. The van der Waals surface area contributed by atoms with Gasteiger partial charge in [-0.05, 0) is 60.8 Å². The van der Waals surface area contributed by atoms with Gasteiger partial charge < -0.3 is 0 Å². The topological polar surface area (TPSA) is 38.0 Å². The molecule has 0 spiro atoms. The average molecular weight is 278 g/mol. The van der Waals surface area contributed by atoms with E-state index in [1.54, 1.807) is 6.07 Å². The molecule has 3 heteroatoms. The molecular formula is C17H27FN2. The summed E-state index contributed by atoms with van der Waals surface area (Å²) in [7, 11) is 0. The van der Waals surface area contributed by atoms with Crippen LogP contribution in [-0.2, 0) is 6.42 Å². The number of halogens is 1. The number of nitrogens with two attached hydrogens (primary N) is 1. The van der Waals surface area contributed by atoms with Crippen molar-refractivity contribution in [3.05, 3.63) is 35.1 Å². The van der Waals surface area contributed by atoms with E-state index in [1.807, 2.05) is 13.0 Å². The second kappa shape index (κ2) is 6.23. The maximum atomic E-state index is 13.4. The molecule has 2 unspecified atom stereocenters. The third kappa shape index (κ3) is 3.39. The predicted molar refractivity (Wildman–Crippen MR) is 81.7 cm³/mol. The van der Waals surface area contributed by atoms with Crippen LogP contribution >= 0.6 is 0 Å². The molecule has 1 aromatic carbocycles. The first-order chi connectivity index (χ1) is 9.44. The van der Waals surface area contributed by atoms with Crippen molar-refractivity contribution in [3.63, 3.8) is 0 Å². The van der Waals surface area contributed by atoms with Crippen LogP contribution in [0, 0.1) is 24.1 Å². The number of nitrogens with one attached hydrogen (secondary N) is 1. The number of hydrazine groups is 1.